The molecule has 0 aliphatic rings. The second-order valence-corrected chi connectivity index (χ2v) is 2.90. The second kappa shape index (κ2) is 63.0. The first-order valence-corrected chi connectivity index (χ1v) is 5.45. The van der Waals surface area contributed by atoms with Gasteiger partial charge in [-0.1, -0.05) is 0 Å². The molecule has 6 N–H and O–H groups in total. The van der Waals surface area contributed by atoms with Gasteiger partial charge in [-0.15, -0.1) is 0 Å². The molecule has 26 heavy (non-hydrogen) atoms. The Morgan fingerprint density at radius 1 is 0.577 bits per heavy atom. The molecule has 0 unspecified atom stereocenters. The van der Waals surface area contributed by atoms with Crippen LogP contribution in [0.1, 0.15) is 34.1 Å². The largest absolute Gasteiger partial charge is 1.00 e. The monoisotopic (exact) mass is 484 g/mol. The van der Waals surface area contributed by atoms with Crippen LogP contribution in [0.25, 0.3) is 0 Å². The third kappa shape index (κ3) is 531. The summed E-state index contributed by atoms with van der Waals surface area (Å²) >= 11 is 0. The average molecular weight is 485 g/mol. The minimum absolute atomic E-state index is 0. The van der Waals surface area contributed by atoms with Crippen molar-refractivity contribution in [3.63, 3.8) is 0 Å². The van der Waals surface area contributed by atoms with Gasteiger partial charge >= 0.3 is 206 Å². The average Bonchev–Trinajstić information content (AvgIpc) is 2.14. The molecule has 0 radical (unpaired) electrons. The van der Waals surface area contributed by atoms with E-state index in [0.717, 1.165) is 47.2 Å². The van der Waals surface area contributed by atoms with Gasteiger partial charge in [0, 0.05) is 23.9 Å². The van der Waals surface area contributed by atoms with Crippen LogP contribution in [0.5, 0.6) is 0 Å². The Hall–Kier alpha value is 4.31. The Morgan fingerprint density at radius 2 is 0.654 bits per heavy atom. The molecule has 0 fully saturated rings. The number of carbonyl (C=O) groups is 4. The van der Waals surface area contributed by atoms with E-state index < -0.39 is 23.9 Å². The number of hydrogen-bond acceptors (Lipinski definition) is 10. The maximum atomic E-state index is 8.89. The molecule has 0 rings (SSSR count). The predicted molar refractivity (Wildman–Crippen MR) is 69.1 cm³/mol. The zero-order valence-electron chi connectivity index (χ0n) is 17.0. The molecule has 0 atom stereocenters. The summed E-state index contributed by atoms with van der Waals surface area (Å²) in [6.45, 7) is 5.33. The van der Waals surface area contributed by atoms with Gasteiger partial charge in [0.1, 0.15) is 0 Å². The third-order valence-corrected chi connectivity index (χ3v) is 0.408. The molecular weight excluding hydrogens is 461 g/mol. The maximum absolute atomic E-state index is 8.89. The molecule has 0 aromatic heterocycles. The van der Waals surface area contributed by atoms with Crippen molar-refractivity contribution in [1.82, 2.24) is 0 Å². The molecule has 11 nitrogen and oxygen atoms in total. The third-order valence-electron chi connectivity index (χ3n) is 0.408. The molecule has 0 bridgehead atoms. The van der Waals surface area contributed by atoms with Crippen LogP contribution in [0.2, 0.25) is 0 Å². The summed E-state index contributed by atoms with van der Waals surface area (Å²) in [6, 6.07) is 0. The van der Waals surface area contributed by atoms with Crippen molar-refractivity contribution in [2.24, 2.45) is 11.5 Å². The van der Waals surface area contributed by atoms with Gasteiger partial charge in [-0.05, 0) is 47.2 Å². The number of rotatable bonds is 2. The van der Waals surface area contributed by atoms with Crippen LogP contribution in [0.15, 0.2) is 0 Å². The number of carboxylic acid groups (broad SMARTS) is 4. The zero-order chi connectivity index (χ0) is 18.4. The summed E-state index contributed by atoms with van der Waals surface area (Å²) in [4.78, 5) is 35.6. The topological polar surface area (TPSA) is 244 Å². The molecule has 15 heteroatoms. The van der Waals surface area contributed by atoms with Gasteiger partial charge in [0.05, 0.1) is 0 Å². The van der Waals surface area contributed by atoms with Crippen molar-refractivity contribution in [2.45, 2.75) is 34.1 Å². The van der Waals surface area contributed by atoms with Crippen LogP contribution in [0.4, 0.5) is 0 Å². The SMILES string of the molecule is CC(=O)[O-].CC(=O)[O-].CC(=O)[O-].CC(=O)[O-].NCCCN.O.[K+].[K+].[K+].[K+]. The maximum Gasteiger partial charge on any atom is 1.00 e. The van der Waals surface area contributed by atoms with Crippen molar-refractivity contribution in [3.8, 4) is 0 Å². The Balaban J connectivity index is -0.0000000147. The standard InChI is InChI=1S/C3H10N2.4C2H4O2.4K.H2O/c4-2-1-3-5;4*1-2(3)4;;;;;/h1-5H2;4*1H3,(H,3,4);;;;;1H2/q;;;;;4*+1;/p-4. The van der Waals surface area contributed by atoms with E-state index in [9.17, 15) is 0 Å². The van der Waals surface area contributed by atoms with E-state index in [1.807, 2.05) is 0 Å². The molecule has 136 valence electrons. The number of hydrogen-bond donors (Lipinski definition) is 2. The number of aliphatic carboxylic acids is 4. The minimum atomic E-state index is -1.08. The second-order valence-electron chi connectivity index (χ2n) is 2.90. The van der Waals surface area contributed by atoms with E-state index in [1.165, 1.54) is 0 Å². The molecular formula is C11H24K4N2O9. The molecule has 0 spiro atoms. The molecule has 0 amide bonds. The van der Waals surface area contributed by atoms with E-state index in [-0.39, 0.29) is 211 Å². The fraction of sp³-hybridized carbons (Fsp3) is 0.636. The Morgan fingerprint density at radius 3 is 0.654 bits per heavy atom. The van der Waals surface area contributed by atoms with Crippen molar-refractivity contribution < 1.29 is 251 Å². The van der Waals surface area contributed by atoms with Crippen LogP contribution in [0.3, 0.4) is 0 Å². The van der Waals surface area contributed by atoms with Gasteiger partial charge in [0.15, 0.2) is 0 Å². The normalized spacial score (nSPS) is 5.46. The Kier molecular flexibility index (Phi) is 153. The molecule has 0 saturated heterocycles. The van der Waals surface area contributed by atoms with E-state index in [4.69, 9.17) is 51.1 Å². The fourth-order valence-electron chi connectivity index (χ4n) is 0.118. The molecule has 0 aliphatic carbocycles. The van der Waals surface area contributed by atoms with E-state index in [1.54, 1.807) is 0 Å². The molecule has 0 saturated carbocycles. The van der Waals surface area contributed by atoms with Gasteiger partial charge in [-0.3, -0.25) is 0 Å². The van der Waals surface area contributed by atoms with E-state index >= 15 is 0 Å². The van der Waals surface area contributed by atoms with Crippen molar-refractivity contribution in [1.29, 1.82) is 0 Å². The van der Waals surface area contributed by atoms with Crippen LogP contribution >= 0.6 is 0 Å². The summed E-state index contributed by atoms with van der Waals surface area (Å²) in [7, 11) is 0. The quantitative estimate of drug-likeness (QED) is 0.350. The van der Waals surface area contributed by atoms with Gasteiger partial charge < -0.3 is 56.5 Å². The summed E-state index contributed by atoms with van der Waals surface area (Å²) in [5.74, 6) is -4.33. The van der Waals surface area contributed by atoms with Crippen molar-refractivity contribution in [3.05, 3.63) is 0 Å². The van der Waals surface area contributed by atoms with Crippen molar-refractivity contribution >= 4 is 23.9 Å². The predicted octanol–water partition coefficient (Wildman–Crippen LogP) is -18.5. The van der Waals surface area contributed by atoms with Crippen LogP contribution in [0, 0.1) is 0 Å². The van der Waals surface area contributed by atoms with Gasteiger partial charge in [-0.25, -0.2) is 0 Å². The minimum Gasteiger partial charge on any atom is -0.550 e. The summed E-state index contributed by atoms with van der Waals surface area (Å²) in [6.07, 6.45) is 0.944. The van der Waals surface area contributed by atoms with Crippen LogP contribution < -0.4 is 237 Å². The fourth-order valence-corrected chi connectivity index (χ4v) is 0.118. The molecule has 0 aromatic rings. The number of carboxylic acids is 4. The van der Waals surface area contributed by atoms with Crippen molar-refractivity contribution in [2.75, 3.05) is 13.1 Å². The first-order chi connectivity index (χ1) is 9.34. The zero-order valence-corrected chi connectivity index (χ0v) is 29.5. The van der Waals surface area contributed by atoms with E-state index in [2.05, 4.69) is 0 Å². The molecule has 0 aromatic carbocycles. The number of nitrogens with two attached hydrogens (primary N) is 2. The summed E-state index contributed by atoms with van der Waals surface area (Å²) in [5, 5.41) is 35.6. The van der Waals surface area contributed by atoms with Gasteiger partial charge in [0.25, 0.3) is 0 Å². The Bertz CT molecular complexity index is 220. The molecule has 0 heterocycles. The Labute approximate surface area is 324 Å². The van der Waals surface area contributed by atoms with Gasteiger partial charge in [0.2, 0.25) is 0 Å². The summed E-state index contributed by atoms with van der Waals surface area (Å²) < 4.78 is 0. The van der Waals surface area contributed by atoms with Crippen LogP contribution in [-0.2, 0) is 19.2 Å². The smallest absolute Gasteiger partial charge is 0.550 e. The van der Waals surface area contributed by atoms with Crippen LogP contribution in [-0.4, -0.2) is 42.4 Å². The molecule has 0 aliphatic heterocycles. The number of carbonyl (C=O) groups excluding carboxylic acids is 4. The van der Waals surface area contributed by atoms with E-state index in [0.29, 0.717) is 0 Å². The first kappa shape index (κ1) is 63.1. The first-order valence-electron chi connectivity index (χ1n) is 5.45. The van der Waals surface area contributed by atoms with Gasteiger partial charge in [-0.2, -0.15) is 0 Å². The summed E-state index contributed by atoms with van der Waals surface area (Å²) in [5.41, 5.74) is 10.1.